The van der Waals surface area contributed by atoms with Crippen molar-refractivity contribution in [3.05, 3.63) is 28.0 Å². The fraction of sp³-hybridized carbons (Fsp3) is 0.316. The lowest BCUT2D eigenvalue weighted by Gasteiger charge is -2.49. The molecule has 2 aliphatic rings. The van der Waals surface area contributed by atoms with Crippen LogP contribution in [0.25, 0.3) is 6.20 Å². The van der Waals surface area contributed by atoms with E-state index < -0.39 is 35.2 Å². The summed E-state index contributed by atoms with van der Waals surface area (Å²) in [4.78, 5) is 63.9. The summed E-state index contributed by atoms with van der Waals surface area (Å²) in [6.07, 6.45) is 1.08. The summed E-state index contributed by atoms with van der Waals surface area (Å²) in [6.45, 7) is 0. The van der Waals surface area contributed by atoms with E-state index in [1.807, 2.05) is 0 Å². The molecule has 4 heterocycles. The minimum atomic E-state index is -1.33. The first-order chi connectivity index (χ1) is 19.2. The van der Waals surface area contributed by atoms with Gasteiger partial charge in [-0.25, -0.2) is 14.6 Å². The topological polar surface area (TPSA) is 249 Å². The molecule has 1 saturated heterocycles. The molecule has 2 aromatic rings. The Hall–Kier alpha value is -4.21. The van der Waals surface area contributed by atoms with E-state index in [1.54, 1.807) is 0 Å². The standard InChI is InChI=1S/C19H20N10O8S3/c1-36-24-8(16(32)33)3-28-19(23-26-27-28)40-5-7-4-38-15-11(14(31)29(15)12(7)17(34)35)22-13(30)10(25-37-2)9-6-39-18(20)21-9/h3,6,11,15,24H,4-5H2,1-2H3,(H2,20,21)(H,22,30)(H,32,33)(H,34,35)/t11?,15-/m0/s1. The summed E-state index contributed by atoms with van der Waals surface area (Å²) in [6, 6.07) is -1.01. The molecule has 212 valence electrons. The number of carboxylic acids is 2. The van der Waals surface area contributed by atoms with Gasteiger partial charge in [-0.1, -0.05) is 16.9 Å². The summed E-state index contributed by atoms with van der Waals surface area (Å²) in [5, 5.41) is 37.7. The Morgan fingerprint density at radius 1 is 1.35 bits per heavy atom. The molecule has 1 fully saturated rings. The molecule has 0 radical (unpaired) electrons. The second kappa shape index (κ2) is 12.3. The molecular weight excluding hydrogens is 592 g/mol. The minimum Gasteiger partial charge on any atom is -0.477 e. The van der Waals surface area contributed by atoms with Crippen molar-refractivity contribution in [1.82, 2.24) is 40.9 Å². The van der Waals surface area contributed by atoms with Crippen molar-refractivity contribution in [2.24, 2.45) is 5.16 Å². The lowest BCUT2D eigenvalue weighted by Crippen LogP contribution is -2.71. The third-order valence-electron chi connectivity index (χ3n) is 5.23. The summed E-state index contributed by atoms with van der Waals surface area (Å²) >= 11 is 3.39. The number of β-lactam (4-membered cyclic amide) rings is 1. The van der Waals surface area contributed by atoms with Gasteiger partial charge in [-0.15, -0.1) is 28.2 Å². The van der Waals surface area contributed by atoms with Gasteiger partial charge in [0.25, 0.3) is 11.8 Å². The number of rotatable bonds is 12. The van der Waals surface area contributed by atoms with Crippen LogP contribution in [0.1, 0.15) is 5.69 Å². The van der Waals surface area contributed by atoms with E-state index in [9.17, 15) is 29.4 Å². The maximum Gasteiger partial charge on any atom is 0.355 e. The van der Waals surface area contributed by atoms with Crippen molar-refractivity contribution < 1.29 is 39.1 Å². The number of aromatic nitrogens is 5. The first kappa shape index (κ1) is 28.8. The Morgan fingerprint density at radius 3 is 2.75 bits per heavy atom. The average Bonchev–Trinajstić information content (AvgIpc) is 3.56. The van der Waals surface area contributed by atoms with Crippen molar-refractivity contribution in [2.75, 3.05) is 31.5 Å². The molecule has 4 rings (SSSR count). The Balaban J connectivity index is 1.49. The van der Waals surface area contributed by atoms with Gasteiger partial charge in [0.1, 0.15) is 29.9 Å². The number of nitrogens with one attached hydrogen (secondary N) is 2. The van der Waals surface area contributed by atoms with Gasteiger partial charge in [-0.05, 0) is 16.0 Å². The summed E-state index contributed by atoms with van der Waals surface area (Å²) in [5.74, 6) is -3.71. The molecular formula is C19H20N10O8S3. The van der Waals surface area contributed by atoms with E-state index in [4.69, 9.17) is 10.6 Å². The number of aliphatic carboxylic acids is 2. The van der Waals surface area contributed by atoms with Crippen LogP contribution in [-0.2, 0) is 28.9 Å². The number of tetrazole rings is 1. The van der Waals surface area contributed by atoms with Gasteiger partial charge in [0.2, 0.25) is 5.16 Å². The van der Waals surface area contributed by atoms with Crippen LogP contribution in [0.15, 0.2) is 32.7 Å². The predicted octanol–water partition coefficient (Wildman–Crippen LogP) is -1.37. The molecule has 18 nitrogen and oxygen atoms in total. The fourth-order valence-electron chi connectivity index (χ4n) is 3.57. The van der Waals surface area contributed by atoms with Crippen LogP contribution in [0.5, 0.6) is 0 Å². The quantitative estimate of drug-likeness (QED) is 0.0609. The monoisotopic (exact) mass is 612 g/mol. The van der Waals surface area contributed by atoms with Gasteiger partial charge in [0.15, 0.2) is 16.5 Å². The number of carboxylic acid groups (broad SMARTS) is 2. The number of hydroxylamine groups is 1. The van der Waals surface area contributed by atoms with Crippen LogP contribution >= 0.6 is 34.9 Å². The number of amides is 2. The van der Waals surface area contributed by atoms with Crippen LogP contribution < -0.4 is 16.5 Å². The highest BCUT2D eigenvalue weighted by Gasteiger charge is 2.54. The first-order valence-electron chi connectivity index (χ1n) is 10.8. The van der Waals surface area contributed by atoms with Crippen LogP contribution in [0, 0.1) is 0 Å². The largest absolute Gasteiger partial charge is 0.477 e. The van der Waals surface area contributed by atoms with Gasteiger partial charge >= 0.3 is 11.9 Å². The Bertz CT molecular complexity index is 1440. The van der Waals surface area contributed by atoms with Crippen LogP contribution in [0.3, 0.4) is 0 Å². The second-order valence-corrected chi connectivity index (χ2v) is 10.6. The maximum atomic E-state index is 13.0. The zero-order valence-corrected chi connectivity index (χ0v) is 22.9. The summed E-state index contributed by atoms with van der Waals surface area (Å²) in [7, 11) is 2.48. The van der Waals surface area contributed by atoms with E-state index in [0.29, 0.717) is 5.57 Å². The zero-order chi connectivity index (χ0) is 29.0. The SMILES string of the molecule is CON=C(C(=O)NC1C(=O)N2C(C(=O)O)=C(CSc3nnnn3C=C(NOC)C(=O)O)CS[C@@H]12)c1csc(N)n1. The number of hydrogen-bond donors (Lipinski definition) is 5. The molecule has 0 saturated carbocycles. The van der Waals surface area contributed by atoms with Crippen LogP contribution in [-0.4, -0.2) is 107 Å². The van der Waals surface area contributed by atoms with Crippen molar-refractivity contribution in [3.8, 4) is 0 Å². The lowest BCUT2D eigenvalue weighted by molar-refractivity contribution is -0.150. The van der Waals surface area contributed by atoms with Gasteiger partial charge in [0.05, 0.1) is 13.3 Å². The van der Waals surface area contributed by atoms with Gasteiger partial charge in [-0.2, -0.15) is 4.68 Å². The molecule has 2 atom stereocenters. The molecule has 40 heavy (non-hydrogen) atoms. The molecule has 2 aromatic heterocycles. The highest BCUT2D eigenvalue weighted by molar-refractivity contribution is 8.01. The molecule has 2 amide bonds. The number of nitrogen functional groups attached to an aromatic ring is 1. The number of thiazole rings is 1. The fourth-order valence-corrected chi connectivity index (χ4v) is 6.45. The van der Waals surface area contributed by atoms with E-state index in [2.05, 4.69) is 41.3 Å². The Kier molecular flexibility index (Phi) is 8.86. The van der Waals surface area contributed by atoms with Crippen molar-refractivity contribution >= 4 is 75.7 Å². The smallest absolute Gasteiger partial charge is 0.355 e. The predicted molar refractivity (Wildman–Crippen MR) is 140 cm³/mol. The Labute approximate surface area is 236 Å². The van der Waals surface area contributed by atoms with E-state index >= 15 is 0 Å². The lowest BCUT2D eigenvalue weighted by atomic mass is 10.0. The number of thioether (sulfide) groups is 2. The number of carbonyl (C=O) groups is 4. The van der Waals surface area contributed by atoms with Gasteiger partial charge in [-0.3, -0.25) is 24.8 Å². The molecule has 6 N–H and O–H groups in total. The van der Waals surface area contributed by atoms with Crippen LogP contribution in [0.4, 0.5) is 5.13 Å². The number of hydrogen-bond acceptors (Lipinski definition) is 16. The van der Waals surface area contributed by atoms with Gasteiger partial charge in [0, 0.05) is 16.9 Å². The van der Waals surface area contributed by atoms with E-state index in [0.717, 1.165) is 38.9 Å². The third-order valence-corrected chi connectivity index (χ3v) is 8.26. The molecule has 0 bridgehead atoms. The molecule has 0 aromatic carbocycles. The highest BCUT2D eigenvalue weighted by atomic mass is 32.2. The highest BCUT2D eigenvalue weighted by Crippen LogP contribution is 2.41. The number of nitrogens with zero attached hydrogens (tertiary/aromatic N) is 7. The van der Waals surface area contributed by atoms with Crippen molar-refractivity contribution in [3.63, 3.8) is 0 Å². The number of fused-ring (bicyclic) bond motifs is 1. The number of carbonyl (C=O) groups excluding carboxylic acids is 2. The van der Waals surface area contributed by atoms with Crippen molar-refractivity contribution in [2.45, 2.75) is 16.6 Å². The van der Waals surface area contributed by atoms with E-state index in [-0.39, 0.29) is 44.6 Å². The molecule has 2 aliphatic heterocycles. The number of anilines is 1. The van der Waals surface area contributed by atoms with Gasteiger partial charge < -0.3 is 26.1 Å². The summed E-state index contributed by atoms with van der Waals surface area (Å²) in [5.41, 5.74) is 7.64. The Morgan fingerprint density at radius 2 is 2.12 bits per heavy atom. The van der Waals surface area contributed by atoms with Crippen molar-refractivity contribution in [1.29, 1.82) is 0 Å². The number of nitrogens with two attached hydrogens (primary N) is 1. The molecule has 1 unspecified atom stereocenters. The number of oxime groups is 1. The molecule has 0 aliphatic carbocycles. The molecule has 0 spiro atoms. The second-order valence-electron chi connectivity index (χ2n) is 7.66. The zero-order valence-electron chi connectivity index (χ0n) is 20.5. The summed E-state index contributed by atoms with van der Waals surface area (Å²) < 4.78 is 1.08. The minimum absolute atomic E-state index is 0.0758. The normalized spacial score (nSPS) is 19.1. The van der Waals surface area contributed by atoms with E-state index in [1.165, 1.54) is 31.4 Å². The van der Waals surface area contributed by atoms with Crippen LogP contribution in [0.2, 0.25) is 0 Å². The average molecular weight is 613 g/mol. The first-order valence-corrected chi connectivity index (χ1v) is 13.8. The third kappa shape index (κ3) is 5.85. The molecule has 21 heteroatoms. The maximum absolute atomic E-state index is 13.0.